The number of ether oxygens (including phenoxy) is 8. The van der Waals surface area contributed by atoms with Gasteiger partial charge in [-0.25, -0.2) is 9.65 Å². The molecule has 21 heteroatoms. The summed E-state index contributed by atoms with van der Waals surface area (Å²) in [6.07, 6.45) is -2.66. The van der Waals surface area contributed by atoms with E-state index in [0.717, 1.165) is 49.0 Å². The van der Waals surface area contributed by atoms with Crippen molar-refractivity contribution in [3.63, 3.8) is 0 Å². The third-order valence-electron chi connectivity index (χ3n) is 16.2. The van der Waals surface area contributed by atoms with Gasteiger partial charge in [-0.1, -0.05) is 110 Å². The number of imidazole rings is 1. The number of carbonyl (C=O) groups excluding carboxylic acids is 3. The van der Waals surface area contributed by atoms with Gasteiger partial charge in [0.25, 0.3) is 8.53 Å². The molecule has 2 aliphatic rings. The molecule has 20 nitrogen and oxygen atoms in total. The number of benzene rings is 7. The van der Waals surface area contributed by atoms with Gasteiger partial charge in [0.15, 0.2) is 29.5 Å². The molecular formula is C69H72N7O13P. The Kier molecular flexibility index (Phi) is 18.9. The first kappa shape index (κ1) is 62.8. The van der Waals surface area contributed by atoms with Crippen molar-refractivity contribution in [1.29, 1.82) is 5.26 Å². The maximum Gasteiger partial charge on any atom is 0.303 e. The third-order valence-corrected chi connectivity index (χ3v) is 18.4. The van der Waals surface area contributed by atoms with Gasteiger partial charge in [-0.2, -0.15) is 15.2 Å². The van der Waals surface area contributed by atoms with E-state index in [1.54, 1.807) is 31.2 Å². The number of aromatic nitrogens is 4. The van der Waals surface area contributed by atoms with Gasteiger partial charge < -0.3 is 52.3 Å². The first-order chi connectivity index (χ1) is 43.5. The number of nitrogens with one attached hydrogen (secondary N) is 1. The average Bonchev–Trinajstić information content (AvgIpc) is 0.906. The van der Waals surface area contributed by atoms with Crippen LogP contribution in [0.25, 0.3) is 43.5 Å². The molecule has 0 saturated carbocycles. The molecule has 90 heavy (non-hydrogen) atoms. The van der Waals surface area contributed by atoms with E-state index < -0.39 is 74.8 Å². The second kappa shape index (κ2) is 27.1. The molecule has 1 aliphatic carbocycles. The van der Waals surface area contributed by atoms with Gasteiger partial charge in [0.05, 0.1) is 58.4 Å². The molecule has 1 saturated heterocycles. The lowest BCUT2D eigenvalue weighted by molar-refractivity contribution is -0.187. The lowest BCUT2D eigenvalue weighted by Gasteiger charge is -2.43. The van der Waals surface area contributed by atoms with Crippen molar-refractivity contribution in [2.45, 2.75) is 122 Å². The molecule has 2 aromatic heterocycles. The summed E-state index contributed by atoms with van der Waals surface area (Å²) >= 11 is 0. The lowest BCUT2D eigenvalue weighted by Crippen LogP contribution is -2.50. The molecule has 0 amide bonds. The molecule has 9 aromatic rings. The maximum atomic E-state index is 13.4. The molecule has 466 valence electrons. The van der Waals surface area contributed by atoms with E-state index in [9.17, 15) is 19.6 Å². The number of fused-ring (bicyclic) bond motifs is 3. The fourth-order valence-corrected chi connectivity index (χ4v) is 14.4. The summed E-state index contributed by atoms with van der Waals surface area (Å²) in [6.45, 7) is 16.1. The van der Waals surface area contributed by atoms with E-state index in [-0.39, 0.29) is 67.7 Å². The lowest BCUT2D eigenvalue weighted by atomic mass is 9.77. The quantitative estimate of drug-likeness (QED) is 0.0107. The van der Waals surface area contributed by atoms with Crippen molar-refractivity contribution < 1.29 is 61.3 Å². The number of hydrogen-bond acceptors (Lipinski definition) is 19. The van der Waals surface area contributed by atoms with Gasteiger partial charge in [-0.05, 0) is 113 Å². The summed E-state index contributed by atoms with van der Waals surface area (Å²) in [7, 11) is 1.44. The van der Waals surface area contributed by atoms with E-state index in [2.05, 4.69) is 50.3 Å². The Morgan fingerprint density at radius 1 is 0.789 bits per heavy atom. The molecule has 1 aliphatic heterocycles. The van der Waals surface area contributed by atoms with Crippen molar-refractivity contribution in [1.82, 2.24) is 24.2 Å². The fourth-order valence-electron chi connectivity index (χ4n) is 12.6. The number of nitrogens with zero attached hydrogens (tertiary/aromatic N) is 6. The van der Waals surface area contributed by atoms with Crippen LogP contribution in [0.4, 0.5) is 5.95 Å². The molecule has 0 radical (unpaired) electrons. The van der Waals surface area contributed by atoms with Gasteiger partial charge in [-0.3, -0.25) is 19.0 Å². The van der Waals surface area contributed by atoms with Gasteiger partial charge in [-0.15, -0.1) is 0 Å². The SMILES string of the molecule is C=CCOc1nc(N[C@H]2c3c(cc4ccc5cccc6ccc3c4c56)[C@H](OC(C)=O)[C@@H](OC(C)=O)[C@H]2OC(C)=O)nc2c1ncn2[C@H]1C[C@H](OP(OCCC#N)N(C(C)C)C(C)C)[C@@H](COC(c2ccccc2)(c2ccc(OC)cc2)c2ccc(OC)cc2)O1. The van der Waals surface area contributed by atoms with Gasteiger partial charge >= 0.3 is 17.9 Å². The van der Waals surface area contributed by atoms with E-state index in [1.807, 2.05) is 127 Å². The summed E-state index contributed by atoms with van der Waals surface area (Å²) in [5, 5.41) is 18.8. The average molecular weight is 1240 g/mol. The molecule has 1 N–H and O–H groups in total. The van der Waals surface area contributed by atoms with Crippen LogP contribution in [0.1, 0.15) is 107 Å². The maximum absolute atomic E-state index is 13.4. The van der Waals surface area contributed by atoms with E-state index in [1.165, 1.54) is 20.8 Å². The second-order valence-corrected chi connectivity index (χ2v) is 24.1. The smallest absolute Gasteiger partial charge is 0.303 e. The summed E-state index contributed by atoms with van der Waals surface area (Å²) in [4.78, 5) is 54.8. The highest BCUT2D eigenvalue weighted by Gasteiger charge is 2.51. The first-order valence-corrected chi connectivity index (χ1v) is 31.0. The van der Waals surface area contributed by atoms with Crippen LogP contribution >= 0.6 is 8.53 Å². The van der Waals surface area contributed by atoms with E-state index in [0.29, 0.717) is 22.6 Å². The minimum Gasteiger partial charge on any atom is -0.497 e. The Balaban J connectivity index is 1.06. The van der Waals surface area contributed by atoms with Crippen LogP contribution in [0, 0.1) is 11.3 Å². The minimum atomic E-state index is -1.82. The summed E-state index contributed by atoms with van der Waals surface area (Å²) in [5.74, 6) is -0.609. The van der Waals surface area contributed by atoms with Gasteiger partial charge in [0.1, 0.15) is 36.0 Å². The van der Waals surface area contributed by atoms with Gasteiger partial charge in [0.2, 0.25) is 11.8 Å². The van der Waals surface area contributed by atoms with Crippen LogP contribution in [0.5, 0.6) is 17.4 Å². The number of nitriles is 1. The molecule has 0 bridgehead atoms. The molecule has 0 spiro atoms. The molecule has 7 aromatic carbocycles. The van der Waals surface area contributed by atoms with Crippen LogP contribution < -0.4 is 19.5 Å². The van der Waals surface area contributed by atoms with Crippen molar-refractivity contribution in [3.8, 4) is 23.4 Å². The Morgan fingerprint density at radius 3 is 2.02 bits per heavy atom. The largest absolute Gasteiger partial charge is 0.497 e. The highest BCUT2D eigenvalue weighted by molar-refractivity contribution is 7.44. The topological polar surface area (TPSA) is 226 Å². The Labute approximate surface area is 523 Å². The Hall–Kier alpha value is -8.80. The minimum absolute atomic E-state index is 0.00542. The van der Waals surface area contributed by atoms with Crippen molar-refractivity contribution >= 4 is 75.9 Å². The number of carbonyl (C=O) groups is 3. The molecule has 1 fully saturated rings. The third kappa shape index (κ3) is 12.5. The van der Waals surface area contributed by atoms with Crippen LogP contribution in [0.2, 0.25) is 0 Å². The van der Waals surface area contributed by atoms with Crippen molar-refractivity contribution in [2.24, 2.45) is 0 Å². The number of esters is 3. The highest BCUT2D eigenvalue weighted by Crippen LogP contribution is 2.53. The summed E-state index contributed by atoms with van der Waals surface area (Å²) in [6, 6.07) is 42.7. The normalized spacial score (nSPS) is 19.5. The molecule has 3 heterocycles. The van der Waals surface area contributed by atoms with Crippen LogP contribution in [-0.4, -0.2) is 113 Å². The molecule has 1 unspecified atom stereocenters. The highest BCUT2D eigenvalue weighted by atomic mass is 31.2. The van der Waals surface area contributed by atoms with Crippen LogP contribution in [0.15, 0.2) is 146 Å². The number of methoxy groups -OCH3 is 2. The van der Waals surface area contributed by atoms with Crippen molar-refractivity contribution in [2.75, 3.05) is 39.4 Å². The number of anilines is 1. The Morgan fingerprint density at radius 2 is 1.41 bits per heavy atom. The molecule has 11 rings (SSSR count). The summed E-state index contributed by atoms with van der Waals surface area (Å²) < 4.78 is 68.6. The predicted octanol–water partition coefficient (Wildman–Crippen LogP) is 12.9. The van der Waals surface area contributed by atoms with Gasteiger partial charge in [0, 0.05) is 44.8 Å². The second-order valence-electron chi connectivity index (χ2n) is 22.7. The standard InChI is InChI=1S/C69H72N7O13P/c1-11-34-82-67-62-66(73-68(74-67)72-61-60-53-32-23-46-18-15-17-45-21-22-47(59(53)58(45)46)36-54(60)63(85-42(6)77)65(87-44(8)79)64(61)86-43(7)78)75(39-71-62)57-37-55(89-90(84-35-16-33-70)76(40(2)3)41(4)5)56(88-57)38-83-69(48-19-13-12-14-20-48,49-24-28-51(80-9)29-25-49)50-26-30-52(81-10)31-27-50/h11-15,17-32,36,39-41,55-57,61,63-65H,1,16,34-35,37-38H2,2-10H3,(H,72,73,74)/t55-,56+,57+,61-,63-,64-,65+,90?/m0/s1. The number of hydrogen-bond donors (Lipinski definition) is 1. The van der Waals surface area contributed by atoms with E-state index >= 15 is 0 Å². The monoisotopic (exact) mass is 1240 g/mol. The zero-order chi connectivity index (χ0) is 63.4. The zero-order valence-corrected chi connectivity index (χ0v) is 52.5. The molecular weight excluding hydrogens is 1170 g/mol. The Bertz CT molecular complexity index is 4010. The fraction of sp³-hybridized carbons (Fsp3) is 0.348. The molecule has 8 atom stereocenters. The van der Waals surface area contributed by atoms with Crippen molar-refractivity contribution in [3.05, 3.63) is 174 Å². The van der Waals surface area contributed by atoms with E-state index in [4.69, 9.17) is 61.9 Å². The first-order valence-electron chi connectivity index (χ1n) is 29.9. The zero-order valence-electron chi connectivity index (χ0n) is 51.7. The summed E-state index contributed by atoms with van der Waals surface area (Å²) in [5.41, 5.74) is 2.91. The number of rotatable bonds is 25. The van der Waals surface area contributed by atoms with Crippen LogP contribution in [0.3, 0.4) is 0 Å². The predicted molar refractivity (Wildman–Crippen MR) is 340 cm³/mol. The van der Waals surface area contributed by atoms with Crippen LogP contribution in [-0.2, 0) is 52.7 Å².